The van der Waals surface area contributed by atoms with Crippen molar-refractivity contribution in [2.75, 3.05) is 45.1 Å². The second kappa shape index (κ2) is 6.93. The number of likely N-dealkylation sites (N-methyl/N-ethyl adjacent to an activating group) is 1. The van der Waals surface area contributed by atoms with E-state index in [0.717, 1.165) is 40.9 Å². The van der Waals surface area contributed by atoms with Gasteiger partial charge in [-0.2, -0.15) is 5.26 Å². The van der Waals surface area contributed by atoms with Crippen LogP contribution in [0, 0.1) is 11.3 Å². The summed E-state index contributed by atoms with van der Waals surface area (Å²) in [5.41, 5.74) is 1.28. The van der Waals surface area contributed by atoms with Crippen LogP contribution in [0.4, 0.5) is 5.13 Å². The normalized spacial score (nSPS) is 16.4. The molecule has 1 N–H and O–H groups in total. The Morgan fingerprint density at radius 1 is 1.43 bits per heavy atom. The van der Waals surface area contributed by atoms with Crippen LogP contribution in [0.5, 0.6) is 0 Å². The Bertz CT molecular complexity index is 776. The number of anilines is 1. The molecule has 1 fully saturated rings. The number of hydrogen-bond acceptors (Lipinski definition) is 6. The minimum Gasteiger partial charge on any atom is -0.304 e. The van der Waals surface area contributed by atoms with E-state index in [4.69, 9.17) is 0 Å². The second-order valence-corrected chi connectivity index (χ2v) is 7.38. The molecule has 2 aromatic rings. The number of amides is 1. The highest BCUT2D eigenvalue weighted by atomic mass is 79.9. The summed E-state index contributed by atoms with van der Waals surface area (Å²) < 4.78 is 1.53. The third-order valence-electron chi connectivity index (χ3n) is 3.83. The molecule has 0 aliphatic carbocycles. The smallest absolute Gasteiger partial charge is 0.240 e. The molecule has 120 valence electrons. The van der Waals surface area contributed by atoms with Crippen molar-refractivity contribution in [2.45, 2.75) is 0 Å². The van der Waals surface area contributed by atoms with Gasteiger partial charge in [-0.1, -0.05) is 11.3 Å². The van der Waals surface area contributed by atoms with E-state index in [1.54, 1.807) is 6.07 Å². The van der Waals surface area contributed by atoms with E-state index < -0.39 is 0 Å². The van der Waals surface area contributed by atoms with Gasteiger partial charge in [0.1, 0.15) is 6.07 Å². The van der Waals surface area contributed by atoms with Crippen LogP contribution in [0.2, 0.25) is 0 Å². The zero-order chi connectivity index (χ0) is 16.4. The van der Waals surface area contributed by atoms with Gasteiger partial charge >= 0.3 is 0 Å². The molecule has 1 aromatic heterocycles. The lowest BCUT2D eigenvalue weighted by Gasteiger charge is -2.31. The number of nitrogens with one attached hydrogen (secondary N) is 1. The number of halogens is 1. The van der Waals surface area contributed by atoms with Crippen molar-refractivity contribution in [3.05, 3.63) is 22.2 Å². The molecule has 1 amide bonds. The first kappa shape index (κ1) is 16.3. The first-order valence-corrected chi connectivity index (χ1v) is 8.87. The molecule has 0 atom stereocenters. The van der Waals surface area contributed by atoms with Gasteiger partial charge in [0.25, 0.3) is 0 Å². The van der Waals surface area contributed by atoms with Crippen molar-refractivity contribution in [2.24, 2.45) is 0 Å². The lowest BCUT2D eigenvalue weighted by Crippen LogP contribution is -2.47. The third-order valence-corrected chi connectivity index (χ3v) is 5.49. The fourth-order valence-electron chi connectivity index (χ4n) is 2.49. The first-order valence-electron chi connectivity index (χ1n) is 7.26. The van der Waals surface area contributed by atoms with Gasteiger partial charge in [-0.15, -0.1) is 0 Å². The molecule has 0 bridgehead atoms. The maximum absolute atomic E-state index is 12.2. The second-order valence-electron chi connectivity index (χ2n) is 5.53. The van der Waals surface area contributed by atoms with Crippen LogP contribution in [0.25, 0.3) is 10.2 Å². The molecule has 6 nitrogen and oxygen atoms in total. The molecule has 0 unspecified atom stereocenters. The standard InChI is InChI=1S/C15H16BrN5OS/c1-20-4-6-21(7-5-20)9-13(22)19-15-18-12-3-2-11(16)10(8-17)14(12)23-15/h2-3H,4-7,9H2,1H3,(H,18,19,22). The van der Waals surface area contributed by atoms with Crippen molar-refractivity contribution < 1.29 is 4.79 Å². The minimum absolute atomic E-state index is 0.0637. The molecule has 1 aliphatic rings. The molecule has 1 aromatic carbocycles. The summed E-state index contributed by atoms with van der Waals surface area (Å²) in [7, 11) is 2.09. The molecular weight excluding hydrogens is 378 g/mol. The van der Waals surface area contributed by atoms with Crippen molar-refractivity contribution in [1.29, 1.82) is 5.26 Å². The van der Waals surface area contributed by atoms with Gasteiger partial charge in [-0.25, -0.2) is 4.98 Å². The van der Waals surface area contributed by atoms with Gasteiger partial charge < -0.3 is 10.2 Å². The number of rotatable bonds is 3. The van der Waals surface area contributed by atoms with Gasteiger partial charge in [-0.3, -0.25) is 9.69 Å². The van der Waals surface area contributed by atoms with E-state index in [1.165, 1.54) is 11.3 Å². The maximum Gasteiger partial charge on any atom is 0.240 e. The predicted molar refractivity (Wildman–Crippen MR) is 94.6 cm³/mol. The SMILES string of the molecule is CN1CCN(CC(=O)Nc2nc3ccc(Br)c(C#N)c3s2)CC1. The fraction of sp³-hybridized carbons (Fsp3) is 0.400. The van der Waals surface area contributed by atoms with Crippen molar-refractivity contribution >= 4 is 48.5 Å². The molecule has 3 rings (SSSR count). The predicted octanol–water partition coefficient (Wildman–Crippen LogP) is 2.12. The lowest BCUT2D eigenvalue weighted by molar-refractivity contribution is -0.117. The van der Waals surface area contributed by atoms with E-state index in [9.17, 15) is 10.1 Å². The molecule has 1 aliphatic heterocycles. The van der Waals surface area contributed by atoms with Gasteiger partial charge in [0.2, 0.25) is 5.91 Å². The summed E-state index contributed by atoms with van der Waals surface area (Å²) in [4.78, 5) is 21.0. The summed E-state index contributed by atoms with van der Waals surface area (Å²) in [6.45, 7) is 4.13. The van der Waals surface area contributed by atoms with Crippen LogP contribution in [0.1, 0.15) is 5.56 Å². The largest absolute Gasteiger partial charge is 0.304 e. The van der Waals surface area contributed by atoms with Gasteiger partial charge in [-0.05, 0) is 35.1 Å². The Morgan fingerprint density at radius 3 is 2.87 bits per heavy atom. The first-order chi connectivity index (χ1) is 11.1. The summed E-state index contributed by atoms with van der Waals surface area (Å²) in [6, 6.07) is 5.81. The Labute approximate surface area is 146 Å². The van der Waals surface area contributed by atoms with E-state index >= 15 is 0 Å². The molecule has 0 spiro atoms. The molecule has 0 radical (unpaired) electrons. The van der Waals surface area contributed by atoms with E-state index in [1.807, 2.05) is 6.07 Å². The van der Waals surface area contributed by atoms with Crippen LogP contribution in [0.15, 0.2) is 16.6 Å². The number of nitriles is 1. The molecule has 2 heterocycles. The molecular formula is C15H16BrN5OS. The minimum atomic E-state index is -0.0637. The van der Waals surface area contributed by atoms with Gasteiger partial charge in [0.05, 0.1) is 22.3 Å². The van der Waals surface area contributed by atoms with Crippen LogP contribution < -0.4 is 5.32 Å². The highest BCUT2D eigenvalue weighted by Crippen LogP contribution is 2.32. The topological polar surface area (TPSA) is 72.3 Å². The number of carbonyl (C=O) groups is 1. The zero-order valence-corrected chi connectivity index (χ0v) is 15.1. The van der Waals surface area contributed by atoms with Gasteiger partial charge in [0, 0.05) is 30.7 Å². The number of thiazole rings is 1. The quantitative estimate of drug-likeness (QED) is 0.864. The summed E-state index contributed by atoms with van der Waals surface area (Å²) in [5, 5.41) is 12.6. The van der Waals surface area contributed by atoms with Gasteiger partial charge in [0.15, 0.2) is 5.13 Å². The van der Waals surface area contributed by atoms with Crippen LogP contribution in [0.3, 0.4) is 0 Å². The summed E-state index contributed by atoms with van der Waals surface area (Å²) in [5.74, 6) is -0.0637. The number of hydrogen-bond donors (Lipinski definition) is 1. The molecule has 1 saturated heterocycles. The third kappa shape index (κ3) is 3.70. The number of nitrogens with zero attached hydrogens (tertiary/aromatic N) is 4. The Hall–Kier alpha value is -1.53. The number of carbonyl (C=O) groups excluding carboxylic acids is 1. The Balaban J connectivity index is 1.69. The summed E-state index contributed by atoms with van der Waals surface area (Å²) >= 11 is 4.70. The summed E-state index contributed by atoms with van der Waals surface area (Å²) in [6.07, 6.45) is 0. The Morgan fingerprint density at radius 2 is 2.17 bits per heavy atom. The van der Waals surface area contributed by atoms with Crippen molar-refractivity contribution in [3.63, 3.8) is 0 Å². The number of benzene rings is 1. The number of fused-ring (bicyclic) bond motifs is 1. The number of aromatic nitrogens is 1. The molecule has 23 heavy (non-hydrogen) atoms. The van der Waals surface area contributed by atoms with Crippen LogP contribution in [-0.4, -0.2) is 60.5 Å². The highest BCUT2D eigenvalue weighted by molar-refractivity contribution is 9.10. The molecule has 8 heteroatoms. The fourth-order valence-corrected chi connectivity index (χ4v) is 4.02. The van der Waals surface area contributed by atoms with E-state index in [-0.39, 0.29) is 5.91 Å². The Kier molecular flexibility index (Phi) is 4.92. The van der Waals surface area contributed by atoms with E-state index in [2.05, 4.69) is 49.1 Å². The van der Waals surface area contributed by atoms with Crippen LogP contribution >= 0.6 is 27.3 Å². The van der Waals surface area contributed by atoms with Crippen molar-refractivity contribution in [1.82, 2.24) is 14.8 Å². The zero-order valence-electron chi connectivity index (χ0n) is 12.7. The van der Waals surface area contributed by atoms with E-state index in [0.29, 0.717) is 17.2 Å². The maximum atomic E-state index is 12.2. The lowest BCUT2D eigenvalue weighted by atomic mass is 10.2. The molecule has 0 saturated carbocycles. The number of piperazine rings is 1. The average molecular weight is 394 g/mol. The van der Waals surface area contributed by atoms with Crippen molar-refractivity contribution in [3.8, 4) is 6.07 Å². The average Bonchev–Trinajstić information content (AvgIpc) is 2.92. The van der Waals surface area contributed by atoms with Crippen LogP contribution in [-0.2, 0) is 4.79 Å². The monoisotopic (exact) mass is 393 g/mol. The highest BCUT2D eigenvalue weighted by Gasteiger charge is 2.18.